The lowest BCUT2D eigenvalue weighted by atomic mass is 9.86. The highest BCUT2D eigenvalue weighted by atomic mass is 16.2. The zero-order valence-electron chi connectivity index (χ0n) is 14.0. The number of hydrogen-bond acceptors (Lipinski definition) is 3. The molecule has 0 N–H and O–H groups in total. The molecule has 1 fully saturated rings. The zero-order chi connectivity index (χ0) is 16.3. The van der Waals surface area contributed by atoms with Crippen LogP contribution in [0.1, 0.15) is 44.9 Å². The molecule has 1 amide bonds. The van der Waals surface area contributed by atoms with Crippen molar-refractivity contribution in [2.75, 3.05) is 26.2 Å². The summed E-state index contributed by atoms with van der Waals surface area (Å²) in [4.78, 5) is 15.4. The van der Waals surface area contributed by atoms with Gasteiger partial charge in [0.25, 0.3) is 0 Å². The molecule has 4 nitrogen and oxygen atoms in total. The van der Waals surface area contributed by atoms with Crippen molar-refractivity contribution in [2.45, 2.75) is 39.2 Å². The van der Waals surface area contributed by atoms with E-state index in [1.54, 1.807) is 6.92 Å². The van der Waals surface area contributed by atoms with Gasteiger partial charge in [0.2, 0.25) is 5.91 Å². The third kappa shape index (κ3) is 3.66. The van der Waals surface area contributed by atoms with Crippen LogP contribution >= 0.6 is 0 Å². The Morgan fingerprint density at radius 3 is 2.09 bits per heavy atom. The monoisotopic (exact) mass is 299 g/mol. The molecule has 0 radical (unpaired) electrons. The van der Waals surface area contributed by atoms with Gasteiger partial charge in [0, 0.05) is 33.1 Å². The Morgan fingerprint density at radius 1 is 1.14 bits per heavy atom. The molecule has 1 atom stereocenters. The Kier molecular flexibility index (Phi) is 4.87. The lowest BCUT2D eigenvalue weighted by molar-refractivity contribution is -0.130. The molecule has 1 aliphatic rings. The summed E-state index contributed by atoms with van der Waals surface area (Å²) in [7, 11) is 0. The van der Waals surface area contributed by atoms with E-state index in [9.17, 15) is 10.1 Å². The summed E-state index contributed by atoms with van der Waals surface area (Å²) in [5.41, 5.74) is 2.43. The van der Waals surface area contributed by atoms with Crippen LogP contribution in [0, 0.1) is 11.3 Å². The van der Waals surface area contributed by atoms with E-state index in [1.807, 2.05) is 4.90 Å². The first-order valence-electron chi connectivity index (χ1n) is 7.82. The van der Waals surface area contributed by atoms with Gasteiger partial charge in [-0.2, -0.15) is 5.26 Å². The van der Waals surface area contributed by atoms with Crippen LogP contribution in [-0.2, 0) is 10.2 Å². The Hall–Kier alpha value is -1.86. The van der Waals surface area contributed by atoms with Crippen LogP contribution in [0.5, 0.6) is 0 Å². The van der Waals surface area contributed by atoms with E-state index in [2.05, 4.69) is 56.0 Å². The van der Waals surface area contributed by atoms with Crippen molar-refractivity contribution in [1.29, 1.82) is 5.26 Å². The van der Waals surface area contributed by atoms with Crippen LogP contribution in [0.4, 0.5) is 0 Å². The first kappa shape index (κ1) is 16.5. The summed E-state index contributed by atoms with van der Waals surface area (Å²) in [6, 6.07) is 10.5. The highest BCUT2D eigenvalue weighted by molar-refractivity contribution is 5.73. The van der Waals surface area contributed by atoms with Crippen molar-refractivity contribution in [3.8, 4) is 6.07 Å². The molecular weight excluding hydrogens is 274 g/mol. The van der Waals surface area contributed by atoms with Crippen LogP contribution in [0.2, 0.25) is 0 Å². The van der Waals surface area contributed by atoms with E-state index in [4.69, 9.17) is 0 Å². The molecule has 0 saturated carbocycles. The summed E-state index contributed by atoms with van der Waals surface area (Å²) in [5.74, 6) is 0.114. The molecule has 4 heteroatoms. The molecule has 118 valence electrons. The highest BCUT2D eigenvalue weighted by Gasteiger charge is 2.26. The third-order valence-corrected chi connectivity index (χ3v) is 4.34. The molecule has 1 aliphatic heterocycles. The average molecular weight is 299 g/mol. The minimum Gasteiger partial charge on any atom is -0.340 e. The Labute approximate surface area is 133 Å². The molecule has 1 heterocycles. The molecule has 1 aromatic rings. The molecule has 0 spiro atoms. The van der Waals surface area contributed by atoms with Gasteiger partial charge >= 0.3 is 0 Å². The van der Waals surface area contributed by atoms with Crippen LogP contribution in [-0.4, -0.2) is 41.9 Å². The number of carbonyl (C=O) groups is 1. The van der Waals surface area contributed by atoms with Gasteiger partial charge in [0.15, 0.2) is 0 Å². The summed E-state index contributed by atoms with van der Waals surface area (Å²) >= 11 is 0. The standard InChI is InChI=1S/C18H25N3O/c1-14(22)20-9-11-21(12-10-20)17(13-19)15-5-7-16(8-6-15)18(2,3)4/h5-8,17H,9-12H2,1-4H3. The van der Waals surface area contributed by atoms with E-state index in [0.29, 0.717) is 13.1 Å². The maximum absolute atomic E-state index is 11.4. The molecule has 1 aromatic carbocycles. The van der Waals surface area contributed by atoms with Gasteiger partial charge in [0.1, 0.15) is 6.04 Å². The first-order chi connectivity index (χ1) is 10.3. The number of benzene rings is 1. The average Bonchev–Trinajstić information content (AvgIpc) is 2.48. The molecule has 0 aromatic heterocycles. The summed E-state index contributed by atoms with van der Waals surface area (Å²) in [5, 5.41) is 9.56. The number of piperazine rings is 1. The van der Waals surface area contributed by atoms with Crippen molar-refractivity contribution < 1.29 is 4.79 Å². The van der Waals surface area contributed by atoms with Gasteiger partial charge < -0.3 is 4.90 Å². The van der Waals surface area contributed by atoms with Crippen molar-refractivity contribution in [3.05, 3.63) is 35.4 Å². The van der Waals surface area contributed by atoms with Gasteiger partial charge in [-0.15, -0.1) is 0 Å². The lowest BCUT2D eigenvalue weighted by Crippen LogP contribution is -2.48. The van der Waals surface area contributed by atoms with E-state index >= 15 is 0 Å². The third-order valence-electron chi connectivity index (χ3n) is 4.34. The fourth-order valence-electron chi connectivity index (χ4n) is 2.83. The fourth-order valence-corrected chi connectivity index (χ4v) is 2.83. The van der Waals surface area contributed by atoms with Crippen molar-refractivity contribution in [2.24, 2.45) is 0 Å². The summed E-state index contributed by atoms with van der Waals surface area (Å²) in [6.45, 7) is 11.1. The molecule has 22 heavy (non-hydrogen) atoms. The van der Waals surface area contributed by atoms with Crippen LogP contribution in [0.15, 0.2) is 24.3 Å². The second-order valence-electron chi connectivity index (χ2n) is 6.95. The number of nitriles is 1. The van der Waals surface area contributed by atoms with E-state index < -0.39 is 0 Å². The van der Waals surface area contributed by atoms with Crippen LogP contribution in [0.25, 0.3) is 0 Å². The van der Waals surface area contributed by atoms with Crippen LogP contribution in [0.3, 0.4) is 0 Å². The Morgan fingerprint density at radius 2 is 1.68 bits per heavy atom. The number of nitrogens with zero attached hydrogens (tertiary/aromatic N) is 3. The quantitative estimate of drug-likeness (QED) is 0.843. The van der Waals surface area contributed by atoms with Gasteiger partial charge in [-0.25, -0.2) is 0 Å². The Balaban J connectivity index is 2.10. The molecular formula is C18H25N3O. The van der Waals surface area contributed by atoms with Crippen LogP contribution < -0.4 is 0 Å². The number of carbonyl (C=O) groups excluding carboxylic acids is 1. The minimum absolute atomic E-state index is 0.114. The van der Waals surface area contributed by atoms with Gasteiger partial charge in [-0.05, 0) is 16.5 Å². The van der Waals surface area contributed by atoms with E-state index in [1.165, 1.54) is 5.56 Å². The predicted octanol–water partition coefficient (Wildman–Crippen LogP) is 2.71. The number of hydrogen-bond donors (Lipinski definition) is 0. The second kappa shape index (κ2) is 6.50. The second-order valence-corrected chi connectivity index (χ2v) is 6.95. The maximum atomic E-state index is 11.4. The Bertz CT molecular complexity index is 557. The summed E-state index contributed by atoms with van der Waals surface area (Å²) < 4.78 is 0. The predicted molar refractivity (Wildman–Crippen MR) is 87.3 cm³/mol. The zero-order valence-corrected chi connectivity index (χ0v) is 14.0. The smallest absolute Gasteiger partial charge is 0.219 e. The largest absolute Gasteiger partial charge is 0.340 e. The number of amides is 1. The lowest BCUT2D eigenvalue weighted by Gasteiger charge is -2.36. The van der Waals surface area contributed by atoms with E-state index in [-0.39, 0.29) is 17.4 Å². The van der Waals surface area contributed by atoms with Crippen molar-refractivity contribution in [3.63, 3.8) is 0 Å². The van der Waals surface area contributed by atoms with Gasteiger partial charge in [-0.3, -0.25) is 9.69 Å². The minimum atomic E-state index is -0.233. The summed E-state index contributed by atoms with van der Waals surface area (Å²) in [6.07, 6.45) is 0. The fraction of sp³-hybridized carbons (Fsp3) is 0.556. The van der Waals surface area contributed by atoms with Crippen molar-refractivity contribution >= 4 is 5.91 Å². The molecule has 0 aliphatic carbocycles. The topological polar surface area (TPSA) is 47.3 Å². The SMILES string of the molecule is CC(=O)N1CCN(C(C#N)c2ccc(C(C)(C)C)cc2)CC1. The van der Waals surface area contributed by atoms with E-state index in [0.717, 1.165) is 18.7 Å². The normalized spacial score (nSPS) is 17.9. The van der Waals surface area contributed by atoms with Gasteiger partial charge in [0.05, 0.1) is 6.07 Å². The highest BCUT2D eigenvalue weighted by Crippen LogP contribution is 2.26. The molecule has 1 saturated heterocycles. The van der Waals surface area contributed by atoms with Crippen molar-refractivity contribution in [1.82, 2.24) is 9.80 Å². The maximum Gasteiger partial charge on any atom is 0.219 e. The molecule has 2 rings (SSSR count). The first-order valence-corrected chi connectivity index (χ1v) is 7.82. The number of rotatable bonds is 2. The van der Waals surface area contributed by atoms with Gasteiger partial charge in [-0.1, -0.05) is 45.0 Å². The molecule has 0 bridgehead atoms. The molecule has 1 unspecified atom stereocenters.